The van der Waals surface area contributed by atoms with Crippen LogP contribution in [0.1, 0.15) is 43.7 Å². The maximum atomic E-state index is 12.9. The molecule has 29 heavy (non-hydrogen) atoms. The van der Waals surface area contributed by atoms with Gasteiger partial charge >= 0.3 is 17.8 Å². The Morgan fingerprint density at radius 3 is 2.55 bits per heavy atom. The van der Waals surface area contributed by atoms with Gasteiger partial charge in [-0.1, -0.05) is 18.6 Å². The molecular weight excluding hydrogens is 370 g/mol. The van der Waals surface area contributed by atoms with Gasteiger partial charge in [-0.25, -0.2) is 9.69 Å². The number of anilines is 1. The van der Waals surface area contributed by atoms with E-state index in [1.54, 1.807) is 0 Å². The Morgan fingerprint density at radius 2 is 1.90 bits per heavy atom. The van der Waals surface area contributed by atoms with Gasteiger partial charge in [0.05, 0.1) is 0 Å². The number of hydrogen-bond acceptors (Lipinski definition) is 4. The van der Waals surface area contributed by atoms with Gasteiger partial charge in [0.25, 0.3) is 0 Å². The van der Waals surface area contributed by atoms with Crippen LogP contribution in [0.3, 0.4) is 0 Å². The van der Waals surface area contributed by atoms with Crippen molar-refractivity contribution in [1.29, 1.82) is 0 Å². The van der Waals surface area contributed by atoms with Crippen LogP contribution < -0.4 is 5.32 Å². The number of fused-ring (bicyclic) bond motifs is 2. The molecule has 0 radical (unpaired) electrons. The SMILES string of the molecule is Cc1ccc(C)c(NC(=O)CN2C(=O)C(=O)N([C@@H](C)[C@H]3C[C@H]4CC[C@H]3C4)C2=O)c1. The number of rotatable bonds is 5. The van der Waals surface area contributed by atoms with Crippen molar-refractivity contribution in [2.45, 2.75) is 52.5 Å². The predicted molar refractivity (Wildman–Crippen MR) is 107 cm³/mol. The Kier molecular flexibility index (Phi) is 4.92. The van der Waals surface area contributed by atoms with E-state index in [4.69, 9.17) is 0 Å². The molecule has 0 spiro atoms. The van der Waals surface area contributed by atoms with Crippen molar-refractivity contribution in [3.05, 3.63) is 29.3 Å². The molecule has 2 bridgehead atoms. The van der Waals surface area contributed by atoms with Crippen molar-refractivity contribution in [2.75, 3.05) is 11.9 Å². The van der Waals surface area contributed by atoms with E-state index in [2.05, 4.69) is 5.32 Å². The third kappa shape index (κ3) is 3.43. The van der Waals surface area contributed by atoms with E-state index in [0.29, 0.717) is 17.5 Å². The first-order chi connectivity index (χ1) is 13.8. The number of urea groups is 1. The van der Waals surface area contributed by atoms with Crippen LogP contribution in [0.2, 0.25) is 0 Å². The summed E-state index contributed by atoms with van der Waals surface area (Å²) in [5, 5.41) is 2.74. The van der Waals surface area contributed by atoms with E-state index in [1.807, 2.05) is 39.0 Å². The summed E-state index contributed by atoms with van der Waals surface area (Å²) in [6, 6.07) is 4.66. The smallest absolute Gasteiger partial charge is 0.324 e. The monoisotopic (exact) mass is 397 g/mol. The lowest BCUT2D eigenvalue weighted by atomic mass is 9.83. The molecule has 1 aromatic carbocycles. The molecule has 0 aromatic heterocycles. The van der Waals surface area contributed by atoms with Gasteiger partial charge in [0.1, 0.15) is 6.54 Å². The van der Waals surface area contributed by atoms with Gasteiger partial charge in [-0.05, 0) is 75.0 Å². The van der Waals surface area contributed by atoms with Crippen LogP contribution in [0.4, 0.5) is 10.5 Å². The highest BCUT2D eigenvalue weighted by atomic mass is 16.2. The lowest BCUT2D eigenvalue weighted by Crippen LogP contribution is -2.45. The second kappa shape index (κ2) is 7.28. The zero-order chi connectivity index (χ0) is 20.9. The summed E-state index contributed by atoms with van der Waals surface area (Å²) in [6.07, 6.45) is 4.51. The highest BCUT2D eigenvalue weighted by Gasteiger charge is 2.52. The topological polar surface area (TPSA) is 86.8 Å². The summed E-state index contributed by atoms with van der Waals surface area (Å²) < 4.78 is 0. The normalized spacial score (nSPS) is 27.1. The Labute approximate surface area is 170 Å². The second-order valence-corrected chi connectivity index (χ2v) is 8.79. The lowest BCUT2D eigenvalue weighted by molar-refractivity contribution is -0.144. The molecule has 3 fully saturated rings. The molecule has 0 unspecified atom stereocenters. The fourth-order valence-electron chi connectivity index (χ4n) is 5.30. The summed E-state index contributed by atoms with van der Waals surface area (Å²) in [7, 11) is 0. The molecule has 1 heterocycles. The number of carbonyl (C=O) groups is 4. The van der Waals surface area contributed by atoms with Gasteiger partial charge in [-0.2, -0.15) is 0 Å². The average Bonchev–Trinajstić information content (AvgIpc) is 3.36. The molecule has 1 saturated heterocycles. The first kappa shape index (κ1) is 19.6. The van der Waals surface area contributed by atoms with Crippen molar-refractivity contribution in [2.24, 2.45) is 17.8 Å². The summed E-state index contributed by atoms with van der Waals surface area (Å²) in [4.78, 5) is 52.2. The van der Waals surface area contributed by atoms with E-state index in [0.717, 1.165) is 40.2 Å². The third-order valence-corrected chi connectivity index (χ3v) is 6.87. The zero-order valence-corrected chi connectivity index (χ0v) is 17.1. The quantitative estimate of drug-likeness (QED) is 0.611. The minimum absolute atomic E-state index is 0.248. The standard InChI is InChI=1S/C22H27N3O4/c1-12-4-5-13(2)18(8-12)23-19(26)11-24-20(27)21(28)25(22(24)29)14(3)17-10-15-6-7-16(17)9-15/h4-5,8,14-17H,6-7,9-11H2,1-3H3,(H,23,26)/t14-,15-,16-,17+/m0/s1. The average molecular weight is 397 g/mol. The molecule has 2 saturated carbocycles. The zero-order valence-electron chi connectivity index (χ0n) is 17.1. The molecule has 5 amide bonds. The van der Waals surface area contributed by atoms with E-state index in [1.165, 1.54) is 6.42 Å². The molecule has 4 atom stereocenters. The predicted octanol–water partition coefficient (Wildman–Crippen LogP) is 2.86. The molecule has 1 aliphatic heterocycles. The van der Waals surface area contributed by atoms with Gasteiger partial charge in [0.2, 0.25) is 5.91 Å². The molecule has 1 N–H and O–H groups in total. The Hall–Kier alpha value is -2.70. The number of aryl methyl sites for hydroxylation is 2. The van der Waals surface area contributed by atoms with Crippen molar-refractivity contribution in [3.8, 4) is 0 Å². The van der Waals surface area contributed by atoms with Crippen LogP contribution in [-0.4, -0.2) is 46.1 Å². The number of imide groups is 2. The number of benzene rings is 1. The van der Waals surface area contributed by atoms with Gasteiger partial charge in [-0.3, -0.25) is 19.3 Å². The van der Waals surface area contributed by atoms with Crippen LogP contribution in [-0.2, 0) is 14.4 Å². The van der Waals surface area contributed by atoms with Crippen molar-refractivity contribution in [1.82, 2.24) is 9.80 Å². The summed E-state index contributed by atoms with van der Waals surface area (Å²) >= 11 is 0. The lowest BCUT2D eigenvalue weighted by Gasteiger charge is -2.32. The minimum Gasteiger partial charge on any atom is -0.324 e. The number of nitrogens with zero attached hydrogens (tertiary/aromatic N) is 2. The third-order valence-electron chi connectivity index (χ3n) is 6.87. The van der Waals surface area contributed by atoms with Gasteiger partial charge in [0, 0.05) is 11.7 Å². The summed E-state index contributed by atoms with van der Waals surface area (Å²) in [6.45, 7) is 5.17. The van der Waals surface area contributed by atoms with Crippen molar-refractivity contribution < 1.29 is 19.2 Å². The van der Waals surface area contributed by atoms with E-state index >= 15 is 0 Å². The maximum absolute atomic E-state index is 12.9. The molecular formula is C22H27N3O4. The van der Waals surface area contributed by atoms with E-state index < -0.39 is 30.3 Å². The van der Waals surface area contributed by atoms with Crippen LogP contribution in [0, 0.1) is 31.6 Å². The minimum atomic E-state index is -0.916. The van der Waals surface area contributed by atoms with Crippen molar-refractivity contribution >= 4 is 29.4 Å². The van der Waals surface area contributed by atoms with Crippen LogP contribution >= 0.6 is 0 Å². The number of nitrogens with one attached hydrogen (secondary N) is 1. The molecule has 2 aliphatic carbocycles. The second-order valence-electron chi connectivity index (χ2n) is 8.79. The summed E-state index contributed by atoms with van der Waals surface area (Å²) in [5.74, 6) is -0.783. The number of hydrogen-bond donors (Lipinski definition) is 1. The Morgan fingerprint density at radius 1 is 1.14 bits per heavy atom. The van der Waals surface area contributed by atoms with Crippen LogP contribution in [0.5, 0.6) is 0 Å². The first-order valence-corrected chi connectivity index (χ1v) is 10.3. The van der Waals surface area contributed by atoms with Gasteiger partial charge < -0.3 is 5.32 Å². The van der Waals surface area contributed by atoms with Crippen LogP contribution in [0.15, 0.2) is 18.2 Å². The number of carbonyl (C=O) groups excluding carboxylic acids is 4. The molecule has 7 heteroatoms. The van der Waals surface area contributed by atoms with E-state index in [9.17, 15) is 19.2 Å². The highest BCUT2D eigenvalue weighted by Crippen LogP contribution is 2.50. The Bertz CT molecular complexity index is 896. The largest absolute Gasteiger partial charge is 0.334 e. The Balaban J connectivity index is 1.45. The molecule has 3 aliphatic rings. The van der Waals surface area contributed by atoms with Gasteiger partial charge in [0.15, 0.2) is 0 Å². The molecule has 4 rings (SSSR count). The molecule has 1 aromatic rings. The number of amides is 5. The molecule has 154 valence electrons. The maximum Gasteiger partial charge on any atom is 0.334 e. The fourth-order valence-corrected chi connectivity index (χ4v) is 5.30. The summed E-state index contributed by atoms with van der Waals surface area (Å²) in [5.41, 5.74) is 2.50. The highest BCUT2D eigenvalue weighted by molar-refractivity contribution is 6.45. The van der Waals surface area contributed by atoms with Crippen molar-refractivity contribution in [3.63, 3.8) is 0 Å². The molecule has 7 nitrogen and oxygen atoms in total. The van der Waals surface area contributed by atoms with E-state index in [-0.39, 0.29) is 12.0 Å². The fraction of sp³-hybridized carbons (Fsp3) is 0.545. The van der Waals surface area contributed by atoms with Crippen LogP contribution in [0.25, 0.3) is 0 Å². The first-order valence-electron chi connectivity index (χ1n) is 10.3. The van der Waals surface area contributed by atoms with Gasteiger partial charge in [-0.15, -0.1) is 0 Å².